The lowest BCUT2D eigenvalue weighted by molar-refractivity contribution is -0.135. The SMILES string of the molecule is CCN(CC)c1ccc(NC(=O)N[C@H](CC(C)C)C(=O)N2CCC(CO)CC2)cn1. The molecule has 1 fully saturated rings. The minimum Gasteiger partial charge on any atom is -0.396 e. The summed E-state index contributed by atoms with van der Waals surface area (Å²) in [5, 5.41) is 14.9. The number of aromatic nitrogens is 1. The van der Waals surface area contributed by atoms with Crippen LogP contribution in [0.1, 0.15) is 47.0 Å². The molecule has 1 aliphatic heterocycles. The molecular formula is C22H37N5O3. The van der Waals surface area contributed by atoms with E-state index in [2.05, 4.69) is 34.4 Å². The van der Waals surface area contributed by atoms with E-state index in [4.69, 9.17) is 0 Å². The zero-order valence-corrected chi connectivity index (χ0v) is 18.7. The highest BCUT2D eigenvalue weighted by Gasteiger charge is 2.29. The number of nitrogens with zero attached hydrogens (tertiary/aromatic N) is 3. The van der Waals surface area contributed by atoms with Crippen LogP contribution in [0.2, 0.25) is 0 Å². The molecular weight excluding hydrogens is 382 g/mol. The van der Waals surface area contributed by atoms with Gasteiger partial charge in [-0.1, -0.05) is 13.8 Å². The van der Waals surface area contributed by atoms with E-state index < -0.39 is 12.1 Å². The summed E-state index contributed by atoms with van der Waals surface area (Å²) in [5.41, 5.74) is 0.586. The predicted octanol–water partition coefficient (Wildman–Crippen LogP) is 2.69. The second-order valence-electron chi connectivity index (χ2n) is 8.31. The molecule has 0 bridgehead atoms. The molecule has 8 heteroatoms. The monoisotopic (exact) mass is 419 g/mol. The molecule has 2 heterocycles. The van der Waals surface area contributed by atoms with Gasteiger partial charge in [0.25, 0.3) is 0 Å². The number of aliphatic hydroxyl groups excluding tert-OH is 1. The van der Waals surface area contributed by atoms with Gasteiger partial charge in [0.1, 0.15) is 11.9 Å². The van der Waals surface area contributed by atoms with E-state index in [-0.39, 0.29) is 24.3 Å². The second-order valence-corrected chi connectivity index (χ2v) is 8.31. The van der Waals surface area contributed by atoms with Crippen molar-refractivity contribution in [2.45, 2.75) is 53.0 Å². The van der Waals surface area contributed by atoms with Crippen molar-refractivity contribution in [3.05, 3.63) is 18.3 Å². The largest absolute Gasteiger partial charge is 0.396 e. The van der Waals surface area contributed by atoms with E-state index in [1.54, 1.807) is 11.1 Å². The van der Waals surface area contributed by atoms with Crippen LogP contribution in [0.5, 0.6) is 0 Å². The highest BCUT2D eigenvalue weighted by molar-refractivity contribution is 5.93. The summed E-state index contributed by atoms with van der Waals surface area (Å²) in [7, 11) is 0. The lowest BCUT2D eigenvalue weighted by Gasteiger charge is -2.34. The number of urea groups is 1. The maximum absolute atomic E-state index is 13.0. The molecule has 3 amide bonds. The zero-order valence-electron chi connectivity index (χ0n) is 18.7. The zero-order chi connectivity index (χ0) is 22.1. The lowest BCUT2D eigenvalue weighted by Crippen LogP contribution is -2.52. The molecule has 0 aliphatic carbocycles. The first-order valence-corrected chi connectivity index (χ1v) is 11.1. The van der Waals surface area contributed by atoms with E-state index in [1.165, 1.54) is 0 Å². The van der Waals surface area contributed by atoms with E-state index in [0.29, 0.717) is 25.2 Å². The molecule has 0 aromatic carbocycles. The molecule has 30 heavy (non-hydrogen) atoms. The Bertz CT molecular complexity index is 668. The number of likely N-dealkylation sites (tertiary alicyclic amines) is 1. The summed E-state index contributed by atoms with van der Waals surface area (Å²) < 4.78 is 0. The Hall–Kier alpha value is -2.35. The Labute approximate surface area is 180 Å². The molecule has 3 N–H and O–H groups in total. The Balaban J connectivity index is 1.97. The lowest BCUT2D eigenvalue weighted by atomic mass is 9.96. The molecule has 0 saturated carbocycles. The van der Waals surface area contributed by atoms with Gasteiger partial charge in [-0.25, -0.2) is 9.78 Å². The summed E-state index contributed by atoms with van der Waals surface area (Å²) in [4.78, 5) is 33.9. The average Bonchev–Trinajstić information content (AvgIpc) is 2.74. The predicted molar refractivity (Wildman–Crippen MR) is 120 cm³/mol. The summed E-state index contributed by atoms with van der Waals surface area (Å²) in [6, 6.07) is 2.72. The molecule has 8 nitrogen and oxygen atoms in total. The minimum absolute atomic E-state index is 0.0507. The van der Waals surface area contributed by atoms with Crippen LogP contribution in [-0.4, -0.2) is 65.8 Å². The van der Waals surface area contributed by atoms with Crippen LogP contribution in [0.25, 0.3) is 0 Å². The molecule has 1 aliphatic rings. The van der Waals surface area contributed by atoms with Gasteiger partial charge in [-0.3, -0.25) is 4.79 Å². The Kier molecular flexibility index (Phi) is 9.36. The van der Waals surface area contributed by atoms with Crippen LogP contribution in [0.4, 0.5) is 16.3 Å². The number of carbonyl (C=O) groups excluding carboxylic acids is 2. The number of hydrogen-bond donors (Lipinski definition) is 3. The fraction of sp³-hybridized carbons (Fsp3) is 0.682. The van der Waals surface area contributed by atoms with Gasteiger partial charge < -0.3 is 25.5 Å². The van der Waals surface area contributed by atoms with Gasteiger partial charge in [0.05, 0.1) is 11.9 Å². The van der Waals surface area contributed by atoms with Crippen molar-refractivity contribution in [1.29, 1.82) is 0 Å². The maximum Gasteiger partial charge on any atom is 0.319 e. The molecule has 2 rings (SSSR count). The molecule has 0 unspecified atom stereocenters. The average molecular weight is 420 g/mol. The van der Waals surface area contributed by atoms with Crippen LogP contribution in [0.3, 0.4) is 0 Å². The number of pyridine rings is 1. The standard InChI is InChI=1S/C22H37N5O3/c1-5-26(6-2)20-8-7-18(14-23-20)24-22(30)25-19(13-16(3)4)21(29)27-11-9-17(15-28)10-12-27/h7-8,14,16-17,19,28H,5-6,9-13,15H2,1-4H3,(H2,24,25,30)/t19-/m1/s1. The number of aliphatic hydroxyl groups is 1. The molecule has 1 saturated heterocycles. The smallest absolute Gasteiger partial charge is 0.319 e. The first kappa shape index (κ1) is 23.9. The third-order valence-corrected chi connectivity index (χ3v) is 5.59. The number of anilines is 2. The van der Waals surface area contributed by atoms with Crippen LogP contribution < -0.4 is 15.5 Å². The summed E-state index contributed by atoms with van der Waals surface area (Å²) in [5.74, 6) is 1.35. The molecule has 1 aromatic heterocycles. The maximum atomic E-state index is 13.0. The van der Waals surface area contributed by atoms with E-state index in [0.717, 1.165) is 31.7 Å². The molecule has 1 aromatic rings. The van der Waals surface area contributed by atoms with E-state index >= 15 is 0 Å². The number of amides is 3. The van der Waals surface area contributed by atoms with E-state index in [9.17, 15) is 14.7 Å². The van der Waals surface area contributed by atoms with Crippen molar-refractivity contribution < 1.29 is 14.7 Å². The van der Waals surface area contributed by atoms with Gasteiger partial charge >= 0.3 is 6.03 Å². The van der Waals surface area contributed by atoms with Crippen molar-refractivity contribution >= 4 is 23.4 Å². The number of carbonyl (C=O) groups is 2. The Morgan fingerprint density at radius 2 is 1.90 bits per heavy atom. The molecule has 168 valence electrons. The van der Waals surface area contributed by atoms with Gasteiger partial charge in [0.15, 0.2) is 0 Å². The highest BCUT2D eigenvalue weighted by atomic mass is 16.3. The van der Waals surface area contributed by atoms with Crippen molar-refractivity contribution in [2.75, 3.05) is 43.0 Å². The third kappa shape index (κ3) is 6.86. The van der Waals surface area contributed by atoms with Crippen LogP contribution in [-0.2, 0) is 4.79 Å². The van der Waals surface area contributed by atoms with Gasteiger partial charge in [-0.05, 0) is 57.1 Å². The van der Waals surface area contributed by atoms with Gasteiger partial charge in [-0.15, -0.1) is 0 Å². The Morgan fingerprint density at radius 1 is 1.23 bits per heavy atom. The fourth-order valence-electron chi connectivity index (χ4n) is 3.77. The number of hydrogen-bond acceptors (Lipinski definition) is 5. The summed E-state index contributed by atoms with van der Waals surface area (Å²) >= 11 is 0. The molecule has 1 atom stereocenters. The van der Waals surface area contributed by atoms with Crippen molar-refractivity contribution in [3.8, 4) is 0 Å². The van der Waals surface area contributed by atoms with Gasteiger partial charge in [0.2, 0.25) is 5.91 Å². The summed E-state index contributed by atoms with van der Waals surface area (Å²) in [6.45, 7) is 11.4. The van der Waals surface area contributed by atoms with E-state index in [1.807, 2.05) is 26.0 Å². The quantitative estimate of drug-likeness (QED) is 0.572. The summed E-state index contributed by atoms with van der Waals surface area (Å²) in [6.07, 6.45) is 3.80. The van der Waals surface area contributed by atoms with Crippen LogP contribution in [0.15, 0.2) is 18.3 Å². The topological polar surface area (TPSA) is 97.8 Å². The normalized spacial score (nSPS) is 15.7. The third-order valence-electron chi connectivity index (χ3n) is 5.59. The van der Waals surface area contributed by atoms with Crippen molar-refractivity contribution in [2.24, 2.45) is 11.8 Å². The molecule has 0 radical (unpaired) electrons. The number of piperidine rings is 1. The fourth-order valence-corrected chi connectivity index (χ4v) is 3.77. The first-order valence-electron chi connectivity index (χ1n) is 11.1. The Morgan fingerprint density at radius 3 is 2.40 bits per heavy atom. The minimum atomic E-state index is -0.571. The highest BCUT2D eigenvalue weighted by Crippen LogP contribution is 2.19. The molecule has 0 spiro atoms. The number of rotatable bonds is 9. The van der Waals surface area contributed by atoms with Crippen LogP contribution in [0, 0.1) is 11.8 Å². The van der Waals surface area contributed by atoms with Crippen LogP contribution >= 0.6 is 0 Å². The van der Waals surface area contributed by atoms with Gasteiger partial charge in [0, 0.05) is 32.8 Å². The van der Waals surface area contributed by atoms with Crippen molar-refractivity contribution in [1.82, 2.24) is 15.2 Å². The first-order chi connectivity index (χ1) is 14.4. The number of nitrogens with one attached hydrogen (secondary N) is 2. The van der Waals surface area contributed by atoms with Crippen molar-refractivity contribution in [3.63, 3.8) is 0 Å². The second kappa shape index (κ2) is 11.7. The van der Waals surface area contributed by atoms with Gasteiger partial charge in [-0.2, -0.15) is 0 Å².